The lowest BCUT2D eigenvalue weighted by atomic mass is 10.3. The lowest BCUT2D eigenvalue weighted by molar-refractivity contribution is -0.669. The fourth-order valence-corrected chi connectivity index (χ4v) is 2.87. The van der Waals surface area contributed by atoms with Gasteiger partial charge in [0.1, 0.15) is 11.2 Å². The highest BCUT2D eigenvalue weighted by Gasteiger charge is 2.36. The number of para-hydroxylation sites is 1. The molecule has 0 aliphatic rings. The van der Waals surface area contributed by atoms with Crippen molar-refractivity contribution in [1.29, 1.82) is 0 Å². The number of aryl methyl sites for hydroxylation is 2. The summed E-state index contributed by atoms with van der Waals surface area (Å²) in [6.07, 6.45) is 0. The van der Waals surface area contributed by atoms with Gasteiger partial charge in [-0.2, -0.15) is 17.7 Å². The Morgan fingerprint density at radius 2 is 1.91 bits per heavy atom. The molecule has 0 saturated heterocycles. The van der Waals surface area contributed by atoms with Crippen LogP contribution in [0.3, 0.4) is 0 Å². The van der Waals surface area contributed by atoms with Gasteiger partial charge >= 0.3 is 5.51 Å². The average Bonchev–Trinajstić information content (AvgIpc) is 2.72. The first-order chi connectivity index (χ1) is 10.0. The first-order valence-corrected chi connectivity index (χ1v) is 8.23. The number of benzene rings is 1. The maximum atomic E-state index is 10.7. The van der Waals surface area contributed by atoms with E-state index >= 15 is 0 Å². The minimum absolute atomic E-state index is 0.966. The van der Waals surface area contributed by atoms with Gasteiger partial charge < -0.3 is 9.29 Å². The van der Waals surface area contributed by atoms with Crippen LogP contribution >= 0.6 is 11.3 Å². The van der Waals surface area contributed by atoms with E-state index < -0.39 is 15.6 Å². The summed E-state index contributed by atoms with van der Waals surface area (Å²) in [4.78, 5) is 0. The van der Waals surface area contributed by atoms with Crippen molar-refractivity contribution in [2.75, 3.05) is 7.11 Å². The van der Waals surface area contributed by atoms with Gasteiger partial charge in [0.25, 0.3) is 5.52 Å². The zero-order valence-corrected chi connectivity index (χ0v) is 13.6. The minimum Gasteiger partial charge on any atom is -0.741 e. The Kier molecular flexibility index (Phi) is 5.76. The van der Waals surface area contributed by atoms with Gasteiger partial charge in [-0.05, 0) is 19.1 Å². The molecule has 0 bridgehead atoms. The molecule has 2 rings (SSSR count). The van der Waals surface area contributed by atoms with Crippen molar-refractivity contribution >= 4 is 31.7 Å². The third-order valence-electron chi connectivity index (χ3n) is 2.69. The molecule has 124 valence electrons. The molecule has 1 aromatic heterocycles. The molecule has 1 heterocycles. The fraction of sp³-hybridized carbons (Fsp3) is 0.417. The molecule has 0 aliphatic carbocycles. The van der Waals surface area contributed by atoms with Crippen LogP contribution in [-0.2, 0) is 16.7 Å². The van der Waals surface area contributed by atoms with Gasteiger partial charge in [-0.15, -0.1) is 0 Å². The van der Waals surface area contributed by atoms with E-state index in [4.69, 9.17) is 17.7 Å². The van der Waals surface area contributed by atoms with Crippen LogP contribution in [0.15, 0.2) is 18.2 Å². The summed E-state index contributed by atoms with van der Waals surface area (Å²) >= 11 is 1.82. The number of aromatic nitrogens is 1. The van der Waals surface area contributed by atoms with Gasteiger partial charge in [-0.1, -0.05) is 17.4 Å². The highest BCUT2D eigenvalue weighted by Crippen LogP contribution is 2.27. The van der Waals surface area contributed by atoms with Crippen LogP contribution in [0.1, 0.15) is 11.9 Å². The summed E-state index contributed by atoms with van der Waals surface area (Å²) in [5, 5.41) is 1.33. The molecule has 0 unspecified atom stereocenters. The maximum Gasteiger partial charge on any atom is 0.485 e. The number of hydrogen-bond acceptors (Lipinski definition) is 5. The van der Waals surface area contributed by atoms with Crippen molar-refractivity contribution in [1.82, 2.24) is 0 Å². The zero-order chi connectivity index (χ0) is 17.1. The molecule has 22 heavy (non-hydrogen) atoms. The van der Waals surface area contributed by atoms with Crippen molar-refractivity contribution in [2.45, 2.75) is 25.9 Å². The van der Waals surface area contributed by atoms with Gasteiger partial charge in [0.15, 0.2) is 15.9 Å². The van der Waals surface area contributed by atoms with Crippen LogP contribution in [-0.4, -0.2) is 25.6 Å². The van der Waals surface area contributed by atoms with Gasteiger partial charge in [0.05, 0.1) is 7.11 Å². The molecule has 5 nitrogen and oxygen atoms in total. The van der Waals surface area contributed by atoms with Gasteiger partial charge in [0.2, 0.25) is 5.01 Å². The summed E-state index contributed by atoms with van der Waals surface area (Å²) in [6, 6.07) is 6.19. The number of thiazole rings is 1. The molecule has 1 aromatic carbocycles. The van der Waals surface area contributed by atoms with Crippen LogP contribution in [0.2, 0.25) is 0 Å². The second-order valence-electron chi connectivity index (χ2n) is 4.07. The predicted molar refractivity (Wildman–Crippen MR) is 74.7 cm³/mol. The molecular formula is C12H14F3NO4S2. The van der Waals surface area contributed by atoms with E-state index in [2.05, 4.69) is 24.5 Å². The minimum atomic E-state index is -6.09. The second-order valence-corrected chi connectivity index (χ2v) is 6.68. The summed E-state index contributed by atoms with van der Waals surface area (Å²) in [6.45, 7) is 5.30. The summed E-state index contributed by atoms with van der Waals surface area (Å²) in [7, 11) is -4.37. The molecule has 0 fully saturated rings. The standard InChI is InChI=1S/C11H14NOS.CHF3O3S/c1-4-12-8(2)14-10-7-5-6-9(13-3)11(10)12;2-1(3,4)8(5,6)7/h5-7H,4H2,1-3H3;(H,5,6,7)/q+1;/p-1. The molecule has 0 N–H and O–H groups in total. The lowest BCUT2D eigenvalue weighted by Crippen LogP contribution is -2.33. The molecule has 0 aliphatic heterocycles. The van der Waals surface area contributed by atoms with Crippen molar-refractivity contribution in [3.63, 3.8) is 0 Å². The number of methoxy groups -OCH3 is 1. The summed E-state index contributed by atoms with van der Waals surface area (Å²) in [5.41, 5.74) is -4.42. The number of hydrogen-bond donors (Lipinski definition) is 0. The summed E-state index contributed by atoms with van der Waals surface area (Å²) in [5.74, 6) is 0.966. The van der Waals surface area contributed by atoms with E-state index in [1.807, 2.05) is 23.5 Å². The normalized spacial score (nSPS) is 12.0. The molecule has 10 heteroatoms. The number of alkyl halides is 3. The first kappa shape index (κ1) is 18.7. The Balaban J connectivity index is 0.000000261. The third-order valence-corrected chi connectivity index (χ3v) is 4.32. The molecule has 0 amide bonds. The first-order valence-electron chi connectivity index (χ1n) is 6.01. The Morgan fingerprint density at radius 1 is 1.36 bits per heavy atom. The van der Waals surface area contributed by atoms with Crippen LogP contribution in [0.5, 0.6) is 5.75 Å². The zero-order valence-electron chi connectivity index (χ0n) is 12.0. The SMILES string of the molecule is CC[n+]1c(C)sc2cccc(OC)c21.O=S(=O)([O-])C(F)(F)F. The Morgan fingerprint density at radius 3 is 2.32 bits per heavy atom. The molecule has 2 aromatic rings. The van der Waals surface area contributed by atoms with Crippen molar-refractivity contribution in [3.8, 4) is 5.75 Å². The number of fused-ring (bicyclic) bond motifs is 1. The molecule has 0 radical (unpaired) electrons. The predicted octanol–water partition coefficient (Wildman–Crippen LogP) is 2.58. The number of rotatable bonds is 2. The topological polar surface area (TPSA) is 70.3 Å². The van der Waals surface area contributed by atoms with E-state index in [0.29, 0.717) is 0 Å². The third kappa shape index (κ3) is 4.08. The van der Waals surface area contributed by atoms with E-state index in [1.54, 1.807) is 7.11 Å². The maximum absolute atomic E-state index is 10.7. The molecule has 0 saturated carbocycles. The van der Waals surface area contributed by atoms with E-state index in [1.165, 1.54) is 15.2 Å². The summed E-state index contributed by atoms with van der Waals surface area (Å²) < 4.78 is 67.9. The van der Waals surface area contributed by atoms with Crippen LogP contribution in [0, 0.1) is 6.92 Å². The Hall–Kier alpha value is -1.39. The number of nitrogens with zero attached hydrogens (tertiary/aromatic N) is 1. The van der Waals surface area contributed by atoms with E-state index in [9.17, 15) is 13.2 Å². The number of ether oxygens (including phenoxy) is 1. The highest BCUT2D eigenvalue weighted by molar-refractivity contribution is 7.86. The monoisotopic (exact) mass is 357 g/mol. The van der Waals surface area contributed by atoms with Crippen molar-refractivity contribution in [2.24, 2.45) is 0 Å². The van der Waals surface area contributed by atoms with Gasteiger partial charge in [-0.3, -0.25) is 0 Å². The quantitative estimate of drug-likeness (QED) is 0.471. The highest BCUT2D eigenvalue weighted by atomic mass is 32.2. The van der Waals surface area contributed by atoms with Gasteiger partial charge in [0, 0.05) is 6.92 Å². The lowest BCUT2D eigenvalue weighted by Gasteiger charge is -2.08. The van der Waals surface area contributed by atoms with Crippen LogP contribution in [0.25, 0.3) is 10.2 Å². The molecule has 0 atom stereocenters. The molecular weight excluding hydrogens is 343 g/mol. The van der Waals surface area contributed by atoms with E-state index in [-0.39, 0.29) is 0 Å². The van der Waals surface area contributed by atoms with Crippen molar-refractivity contribution < 1.29 is 35.4 Å². The van der Waals surface area contributed by atoms with Crippen molar-refractivity contribution in [3.05, 3.63) is 23.2 Å². The Bertz CT molecular complexity index is 754. The van der Waals surface area contributed by atoms with Crippen LogP contribution < -0.4 is 9.30 Å². The fourth-order valence-electron chi connectivity index (χ4n) is 1.77. The number of halogens is 3. The molecule has 0 spiro atoms. The van der Waals surface area contributed by atoms with E-state index in [0.717, 1.165) is 12.3 Å². The second kappa shape index (κ2) is 6.80. The largest absolute Gasteiger partial charge is 0.741 e. The Labute approximate surface area is 129 Å². The smallest absolute Gasteiger partial charge is 0.485 e. The van der Waals surface area contributed by atoms with Crippen LogP contribution in [0.4, 0.5) is 13.2 Å². The average molecular weight is 357 g/mol. The van der Waals surface area contributed by atoms with Gasteiger partial charge in [-0.25, -0.2) is 8.42 Å².